The average molecular weight is 374 g/mol. The maximum absolute atomic E-state index is 13.5. The number of hydrogen-bond acceptors (Lipinski definition) is 3. The molecule has 0 radical (unpaired) electrons. The van der Waals surface area contributed by atoms with Gasteiger partial charge in [-0.05, 0) is 51.8 Å². The molecule has 0 saturated heterocycles. The van der Waals surface area contributed by atoms with Crippen molar-refractivity contribution in [1.82, 2.24) is 4.31 Å². The Bertz CT molecular complexity index is 747. The summed E-state index contributed by atoms with van der Waals surface area (Å²) in [6.45, 7) is 0.125. The van der Waals surface area contributed by atoms with Gasteiger partial charge in [-0.25, -0.2) is 12.8 Å². The second-order valence-corrected chi connectivity index (χ2v) is 7.40. The van der Waals surface area contributed by atoms with E-state index >= 15 is 0 Å². The third-order valence-electron chi connectivity index (χ3n) is 2.94. The minimum atomic E-state index is -3.78. The van der Waals surface area contributed by atoms with E-state index in [0.717, 1.165) is 15.9 Å². The largest absolute Gasteiger partial charge is 0.508 e. The zero-order chi connectivity index (χ0) is 15.6. The monoisotopic (exact) mass is 373 g/mol. The van der Waals surface area contributed by atoms with E-state index in [9.17, 15) is 17.9 Å². The molecule has 0 aromatic heterocycles. The van der Waals surface area contributed by atoms with Crippen LogP contribution in [-0.2, 0) is 16.6 Å². The van der Waals surface area contributed by atoms with Crippen molar-refractivity contribution in [2.75, 3.05) is 7.05 Å². The highest BCUT2D eigenvalue weighted by molar-refractivity contribution is 9.10. The fourth-order valence-electron chi connectivity index (χ4n) is 1.76. The van der Waals surface area contributed by atoms with Crippen LogP contribution in [-0.4, -0.2) is 24.9 Å². The van der Waals surface area contributed by atoms with Crippen molar-refractivity contribution < 1.29 is 17.9 Å². The van der Waals surface area contributed by atoms with Gasteiger partial charge >= 0.3 is 0 Å². The average Bonchev–Trinajstić information content (AvgIpc) is 2.44. The summed E-state index contributed by atoms with van der Waals surface area (Å²) < 4.78 is 39.5. The summed E-state index contributed by atoms with van der Waals surface area (Å²) in [6, 6.07) is 9.90. The predicted molar refractivity (Wildman–Crippen MR) is 80.9 cm³/mol. The Morgan fingerprint density at radius 2 is 1.81 bits per heavy atom. The molecule has 0 aliphatic carbocycles. The van der Waals surface area contributed by atoms with Crippen LogP contribution in [0.3, 0.4) is 0 Å². The normalized spacial score (nSPS) is 11.8. The Balaban J connectivity index is 2.25. The molecular formula is C14H13BrFNO3S. The number of halogens is 2. The van der Waals surface area contributed by atoms with Crippen molar-refractivity contribution in [3.8, 4) is 5.75 Å². The van der Waals surface area contributed by atoms with Gasteiger partial charge in [-0.15, -0.1) is 0 Å². The first-order chi connectivity index (χ1) is 9.80. The molecule has 0 fully saturated rings. The van der Waals surface area contributed by atoms with E-state index in [1.54, 1.807) is 12.1 Å². The topological polar surface area (TPSA) is 57.6 Å². The van der Waals surface area contributed by atoms with Gasteiger partial charge in [0, 0.05) is 13.6 Å². The summed E-state index contributed by atoms with van der Waals surface area (Å²) in [5, 5.41) is 9.21. The lowest BCUT2D eigenvalue weighted by Gasteiger charge is -2.17. The molecule has 2 aromatic rings. The Morgan fingerprint density at radius 1 is 1.19 bits per heavy atom. The van der Waals surface area contributed by atoms with Crippen LogP contribution in [0, 0.1) is 5.82 Å². The third kappa shape index (κ3) is 3.61. The van der Waals surface area contributed by atoms with E-state index in [1.807, 2.05) is 0 Å². The van der Waals surface area contributed by atoms with Gasteiger partial charge in [-0.2, -0.15) is 4.31 Å². The molecule has 2 rings (SSSR count). The molecule has 0 bridgehead atoms. The summed E-state index contributed by atoms with van der Waals surface area (Å²) in [5.74, 6) is -0.520. The second kappa shape index (κ2) is 6.13. The standard InChI is InChI=1S/C14H13BrFNO3S/c1-17(9-10-2-4-11(18)5-3-10)21(19,20)12-6-7-13(15)14(16)8-12/h2-8,18H,9H2,1H3. The van der Waals surface area contributed by atoms with Crippen molar-refractivity contribution in [2.45, 2.75) is 11.4 Å². The molecule has 0 amide bonds. The van der Waals surface area contributed by atoms with Crippen LogP contribution in [0.15, 0.2) is 51.8 Å². The van der Waals surface area contributed by atoms with Crippen LogP contribution in [0.4, 0.5) is 4.39 Å². The van der Waals surface area contributed by atoms with Crippen LogP contribution < -0.4 is 0 Å². The van der Waals surface area contributed by atoms with Crippen LogP contribution in [0.2, 0.25) is 0 Å². The SMILES string of the molecule is CN(Cc1ccc(O)cc1)S(=O)(=O)c1ccc(Br)c(F)c1. The van der Waals surface area contributed by atoms with Crippen LogP contribution >= 0.6 is 15.9 Å². The number of aromatic hydroxyl groups is 1. The summed E-state index contributed by atoms with van der Waals surface area (Å²) >= 11 is 2.99. The number of hydrogen-bond donors (Lipinski definition) is 1. The molecular weight excluding hydrogens is 361 g/mol. The van der Waals surface area contributed by atoms with E-state index < -0.39 is 15.8 Å². The Kier molecular flexibility index (Phi) is 4.65. The second-order valence-electron chi connectivity index (χ2n) is 4.50. The van der Waals surface area contributed by atoms with Crippen molar-refractivity contribution in [3.63, 3.8) is 0 Å². The van der Waals surface area contributed by atoms with Crippen molar-refractivity contribution in [1.29, 1.82) is 0 Å². The molecule has 0 saturated carbocycles. The van der Waals surface area contributed by atoms with Gasteiger partial charge in [-0.1, -0.05) is 12.1 Å². The molecule has 7 heteroatoms. The molecule has 112 valence electrons. The highest BCUT2D eigenvalue weighted by atomic mass is 79.9. The zero-order valence-electron chi connectivity index (χ0n) is 11.1. The summed E-state index contributed by atoms with van der Waals surface area (Å²) in [6.07, 6.45) is 0. The fourth-order valence-corrected chi connectivity index (χ4v) is 3.18. The first-order valence-electron chi connectivity index (χ1n) is 6.00. The molecule has 1 N–H and O–H groups in total. The lowest BCUT2D eigenvalue weighted by atomic mass is 10.2. The first kappa shape index (κ1) is 15.9. The molecule has 0 heterocycles. The van der Waals surface area contributed by atoms with E-state index in [0.29, 0.717) is 0 Å². The molecule has 0 aliphatic heterocycles. The van der Waals surface area contributed by atoms with Gasteiger partial charge < -0.3 is 5.11 Å². The predicted octanol–water partition coefficient (Wildman–Crippen LogP) is 3.11. The zero-order valence-corrected chi connectivity index (χ0v) is 13.5. The van der Waals surface area contributed by atoms with Gasteiger partial charge in [-0.3, -0.25) is 0 Å². The highest BCUT2D eigenvalue weighted by Gasteiger charge is 2.22. The number of benzene rings is 2. The maximum atomic E-state index is 13.5. The van der Waals surface area contributed by atoms with Gasteiger partial charge in [0.15, 0.2) is 0 Å². The van der Waals surface area contributed by atoms with Crippen LogP contribution in [0.1, 0.15) is 5.56 Å². The summed E-state index contributed by atoms with van der Waals surface area (Å²) in [7, 11) is -2.36. The maximum Gasteiger partial charge on any atom is 0.243 e. The first-order valence-corrected chi connectivity index (χ1v) is 8.23. The van der Waals surface area contributed by atoms with E-state index in [-0.39, 0.29) is 21.7 Å². The summed E-state index contributed by atoms with van der Waals surface area (Å²) in [5.41, 5.74) is 0.719. The van der Waals surface area contributed by atoms with Crippen molar-refractivity contribution >= 4 is 26.0 Å². The highest BCUT2D eigenvalue weighted by Crippen LogP contribution is 2.22. The number of nitrogens with zero attached hydrogens (tertiary/aromatic N) is 1. The molecule has 0 spiro atoms. The molecule has 0 atom stereocenters. The quantitative estimate of drug-likeness (QED) is 0.895. The minimum Gasteiger partial charge on any atom is -0.508 e. The van der Waals surface area contributed by atoms with Crippen LogP contribution in [0.25, 0.3) is 0 Å². The number of rotatable bonds is 4. The van der Waals surface area contributed by atoms with Gasteiger partial charge in [0.1, 0.15) is 11.6 Å². The Labute approximate surface area is 131 Å². The van der Waals surface area contributed by atoms with Crippen molar-refractivity contribution in [3.05, 3.63) is 58.3 Å². The third-order valence-corrected chi connectivity index (χ3v) is 5.38. The lowest BCUT2D eigenvalue weighted by Crippen LogP contribution is -2.26. The Hall–Kier alpha value is -1.44. The smallest absolute Gasteiger partial charge is 0.243 e. The fraction of sp³-hybridized carbons (Fsp3) is 0.143. The van der Waals surface area contributed by atoms with Gasteiger partial charge in [0.25, 0.3) is 0 Å². The number of phenolic OH excluding ortho intramolecular Hbond substituents is 1. The number of phenols is 1. The lowest BCUT2D eigenvalue weighted by molar-refractivity contribution is 0.463. The van der Waals surface area contributed by atoms with Crippen molar-refractivity contribution in [2.24, 2.45) is 0 Å². The van der Waals surface area contributed by atoms with Gasteiger partial charge in [0.2, 0.25) is 10.0 Å². The molecule has 4 nitrogen and oxygen atoms in total. The molecule has 0 unspecified atom stereocenters. The number of sulfonamides is 1. The van der Waals surface area contributed by atoms with E-state index in [1.165, 1.54) is 31.3 Å². The van der Waals surface area contributed by atoms with Gasteiger partial charge in [0.05, 0.1) is 9.37 Å². The molecule has 2 aromatic carbocycles. The molecule has 21 heavy (non-hydrogen) atoms. The van der Waals surface area contributed by atoms with Crippen LogP contribution in [0.5, 0.6) is 5.75 Å². The summed E-state index contributed by atoms with van der Waals surface area (Å²) in [4.78, 5) is -0.107. The van der Waals surface area contributed by atoms with E-state index in [4.69, 9.17) is 0 Å². The molecule has 0 aliphatic rings. The minimum absolute atomic E-state index is 0.107. The van der Waals surface area contributed by atoms with E-state index in [2.05, 4.69) is 15.9 Å². The Morgan fingerprint density at radius 3 is 2.38 bits per heavy atom.